The van der Waals surface area contributed by atoms with Crippen LogP contribution >= 0.6 is 0 Å². The number of hydrogen-bond acceptors (Lipinski definition) is 2. The van der Waals surface area contributed by atoms with Gasteiger partial charge in [-0.15, -0.1) is 0 Å². The van der Waals surface area contributed by atoms with Gasteiger partial charge in [-0.3, -0.25) is 0 Å². The van der Waals surface area contributed by atoms with Crippen molar-refractivity contribution in [1.29, 1.82) is 0 Å². The summed E-state index contributed by atoms with van der Waals surface area (Å²) in [5.41, 5.74) is 1.51. The minimum Gasteiger partial charge on any atom is -0.501 e. The fourth-order valence-electron chi connectivity index (χ4n) is 2.92. The molecule has 0 bridgehead atoms. The van der Waals surface area contributed by atoms with Gasteiger partial charge in [0.2, 0.25) is 0 Å². The van der Waals surface area contributed by atoms with Gasteiger partial charge >= 0.3 is 0 Å². The summed E-state index contributed by atoms with van der Waals surface area (Å²) >= 11 is 0. The summed E-state index contributed by atoms with van der Waals surface area (Å²) in [5, 5.41) is 3.65. The van der Waals surface area contributed by atoms with Gasteiger partial charge in [0.1, 0.15) is 0 Å². The van der Waals surface area contributed by atoms with E-state index in [0.29, 0.717) is 6.04 Å². The summed E-state index contributed by atoms with van der Waals surface area (Å²) in [6, 6.07) is 0.595. The Bertz CT molecular complexity index is 219. The normalized spacial score (nSPS) is 24.7. The minimum absolute atomic E-state index is 0.595. The first-order chi connectivity index (χ1) is 7.42. The van der Waals surface area contributed by atoms with Crippen molar-refractivity contribution in [3.63, 3.8) is 0 Å². The third-order valence-electron chi connectivity index (χ3n) is 3.66. The molecule has 2 nitrogen and oxygen atoms in total. The summed E-state index contributed by atoms with van der Waals surface area (Å²) in [7, 11) is 0. The van der Waals surface area contributed by atoms with Crippen LogP contribution in [0.5, 0.6) is 0 Å². The highest BCUT2D eigenvalue weighted by Crippen LogP contribution is 2.32. The average Bonchev–Trinajstić information content (AvgIpc) is 2.80. The fraction of sp³-hybridized carbons (Fsp3) is 0.846. The average molecular weight is 209 g/mol. The molecule has 1 atom stereocenters. The molecular formula is C13H23NO. The lowest BCUT2D eigenvalue weighted by Gasteiger charge is -2.28. The van der Waals surface area contributed by atoms with Gasteiger partial charge in [0.15, 0.2) is 0 Å². The number of nitrogens with one attached hydrogen (secondary N) is 1. The van der Waals surface area contributed by atoms with E-state index in [9.17, 15) is 0 Å². The van der Waals surface area contributed by atoms with E-state index >= 15 is 0 Å². The topological polar surface area (TPSA) is 21.3 Å². The molecule has 0 aromatic heterocycles. The molecule has 86 valence electrons. The van der Waals surface area contributed by atoms with E-state index in [-0.39, 0.29) is 0 Å². The van der Waals surface area contributed by atoms with E-state index in [4.69, 9.17) is 4.74 Å². The van der Waals surface area contributed by atoms with E-state index in [1.807, 2.05) is 6.26 Å². The molecule has 2 rings (SSSR count). The molecule has 1 aliphatic carbocycles. The van der Waals surface area contributed by atoms with Crippen molar-refractivity contribution in [2.75, 3.05) is 13.2 Å². The summed E-state index contributed by atoms with van der Waals surface area (Å²) in [6.45, 7) is 4.18. The van der Waals surface area contributed by atoms with Gasteiger partial charge < -0.3 is 10.1 Å². The molecule has 15 heavy (non-hydrogen) atoms. The second kappa shape index (κ2) is 5.55. The van der Waals surface area contributed by atoms with Crippen LogP contribution in [-0.2, 0) is 4.74 Å². The highest BCUT2D eigenvalue weighted by molar-refractivity contribution is 5.12. The second-order valence-corrected chi connectivity index (χ2v) is 4.75. The van der Waals surface area contributed by atoms with E-state index in [0.717, 1.165) is 19.1 Å². The third-order valence-corrected chi connectivity index (χ3v) is 3.66. The van der Waals surface area contributed by atoms with Crippen LogP contribution in [0.2, 0.25) is 0 Å². The smallest absolute Gasteiger partial charge is 0.0876 e. The van der Waals surface area contributed by atoms with Crippen LogP contribution in [-0.4, -0.2) is 19.2 Å². The molecule has 1 fully saturated rings. The maximum Gasteiger partial charge on any atom is 0.0876 e. The number of likely N-dealkylation sites (N-methyl/N-ethyl adjacent to an activating group) is 1. The van der Waals surface area contributed by atoms with Gasteiger partial charge in [-0.05, 0) is 43.7 Å². The first-order valence-electron chi connectivity index (χ1n) is 6.45. The SMILES string of the molecule is CCNC(C1=COCCC1)C1CCCC1. The predicted molar refractivity (Wildman–Crippen MR) is 62.7 cm³/mol. The molecule has 1 aliphatic heterocycles. The summed E-state index contributed by atoms with van der Waals surface area (Å²) < 4.78 is 5.47. The first-order valence-corrected chi connectivity index (χ1v) is 6.45. The summed E-state index contributed by atoms with van der Waals surface area (Å²) in [5.74, 6) is 0.859. The van der Waals surface area contributed by atoms with Crippen molar-refractivity contribution in [2.24, 2.45) is 5.92 Å². The van der Waals surface area contributed by atoms with Gasteiger partial charge in [-0.25, -0.2) is 0 Å². The zero-order valence-corrected chi connectivity index (χ0v) is 9.80. The lowest BCUT2D eigenvalue weighted by molar-refractivity contribution is 0.214. The highest BCUT2D eigenvalue weighted by Gasteiger charge is 2.27. The van der Waals surface area contributed by atoms with Gasteiger partial charge in [-0.2, -0.15) is 0 Å². The number of rotatable bonds is 4. The standard InChI is InChI=1S/C13H23NO/c1-2-14-13(11-6-3-4-7-11)12-8-5-9-15-10-12/h10-11,13-14H,2-9H2,1H3. The minimum atomic E-state index is 0.595. The molecule has 0 aromatic carbocycles. The Morgan fingerprint density at radius 1 is 1.40 bits per heavy atom. The van der Waals surface area contributed by atoms with Crippen LogP contribution in [0.3, 0.4) is 0 Å². The van der Waals surface area contributed by atoms with Crippen molar-refractivity contribution < 1.29 is 4.74 Å². The Kier molecular flexibility index (Phi) is 4.07. The molecule has 1 heterocycles. The van der Waals surface area contributed by atoms with Crippen LogP contribution in [0.1, 0.15) is 45.4 Å². The van der Waals surface area contributed by atoms with Gasteiger partial charge in [0.05, 0.1) is 12.9 Å². The summed E-state index contributed by atoms with van der Waals surface area (Å²) in [4.78, 5) is 0. The van der Waals surface area contributed by atoms with Gasteiger partial charge in [0.25, 0.3) is 0 Å². The van der Waals surface area contributed by atoms with Gasteiger partial charge in [0, 0.05) is 6.04 Å². The third kappa shape index (κ3) is 2.75. The molecule has 0 spiro atoms. The fourth-order valence-corrected chi connectivity index (χ4v) is 2.92. The molecule has 1 saturated carbocycles. The van der Waals surface area contributed by atoms with Crippen LogP contribution in [0.15, 0.2) is 11.8 Å². The second-order valence-electron chi connectivity index (χ2n) is 4.75. The monoisotopic (exact) mass is 209 g/mol. The predicted octanol–water partition coefficient (Wildman–Crippen LogP) is 2.85. The van der Waals surface area contributed by atoms with Crippen molar-refractivity contribution in [1.82, 2.24) is 5.32 Å². The Hall–Kier alpha value is -0.500. The van der Waals surface area contributed by atoms with Crippen molar-refractivity contribution in [2.45, 2.75) is 51.5 Å². The maximum atomic E-state index is 5.47. The molecule has 0 aromatic rings. The largest absolute Gasteiger partial charge is 0.501 e. The molecule has 0 amide bonds. The quantitative estimate of drug-likeness (QED) is 0.768. The van der Waals surface area contributed by atoms with E-state index in [1.54, 1.807) is 0 Å². The molecular weight excluding hydrogens is 186 g/mol. The maximum absolute atomic E-state index is 5.47. The lowest BCUT2D eigenvalue weighted by atomic mass is 9.89. The van der Waals surface area contributed by atoms with Crippen LogP contribution < -0.4 is 5.32 Å². The Labute approximate surface area is 93.1 Å². The van der Waals surface area contributed by atoms with Crippen LogP contribution in [0, 0.1) is 5.92 Å². The summed E-state index contributed by atoms with van der Waals surface area (Å²) in [6.07, 6.45) is 10.1. The van der Waals surface area contributed by atoms with E-state index in [1.165, 1.54) is 44.1 Å². The van der Waals surface area contributed by atoms with Crippen molar-refractivity contribution in [3.8, 4) is 0 Å². The van der Waals surface area contributed by atoms with Gasteiger partial charge in [-0.1, -0.05) is 19.8 Å². The molecule has 1 unspecified atom stereocenters. The molecule has 2 aliphatic rings. The molecule has 0 radical (unpaired) electrons. The van der Waals surface area contributed by atoms with Crippen LogP contribution in [0.4, 0.5) is 0 Å². The van der Waals surface area contributed by atoms with Crippen LogP contribution in [0.25, 0.3) is 0 Å². The van der Waals surface area contributed by atoms with Crippen molar-refractivity contribution in [3.05, 3.63) is 11.8 Å². The Balaban J connectivity index is 2.00. The molecule has 1 N–H and O–H groups in total. The Morgan fingerprint density at radius 3 is 2.80 bits per heavy atom. The number of ether oxygens (including phenoxy) is 1. The molecule has 2 heteroatoms. The lowest BCUT2D eigenvalue weighted by Crippen LogP contribution is -2.37. The zero-order valence-electron chi connectivity index (χ0n) is 9.80. The zero-order chi connectivity index (χ0) is 10.5. The Morgan fingerprint density at radius 2 is 2.20 bits per heavy atom. The highest BCUT2D eigenvalue weighted by atomic mass is 16.5. The first kappa shape index (κ1) is 11.0. The number of hydrogen-bond donors (Lipinski definition) is 1. The van der Waals surface area contributed by atoms with E-state index < -0.39 is 0 Å². The van der Waals surface area contributed by atoms with Crippen molar-refractivity contribution >= 4 is 0 Å². The van der Waals surface area contributed by atoms with E-state index in [2.05, 4.69) is 12.2 Å². The molecule has 0 saturated heterocycles.